The number of rotatable bonds is 4. The van der Waals surface area contributed by atoms with Crippen LogP contribution in [0.3, 0.4) is 0 Å². The van der Waals surface area contributed by atoms with Crippen LogP contribution >= 0.6 is 0 Å². The Balaban J connectivity index is 2.23. The first-order valence-electron chi connectivity index (χ1n) is 6.42. The van der Waals surface area contributed by atoms with E-state index in [2.05, 4.69) is 25.6 Å². The largest absolute Gasteiger partial charge is 0.370 e. The topological polar surface area (TPSA) is 79.8 Å². The first-order valence-corrected chi connectivity index (χ1v) is 6.42. The third-order valence-electron chi connectivity index (χ3n) is 2.60. The number of hydrogen-bond donors (Lipinski definition) is 2. The maximum absolute atomic E-state index is 12.3. The van der Waals surface area contributed by atoms with E-state index in [9.17, 15) is 4.79 Å². The number of anilines is 2. The Kier molecular flexibility index (Phi) is 4.24. The summed E-state index contributed by atoms with van der Waals surface area (Å²) in [6.45, 7) is 6.36. The lowest BCUT2D eigenvalue weighted by Gasteiger charge is -2.09. The molecule has 0 spiro atoms. The molecule has 6 nitrogen and oxygen atoms in total. The molecular weight excluding hydrogens is 254 g/mol. The predicted octanol–water partition coefficient (Wildman–Crippen LogP) is 2.17. The number of nitrogens with zero attached hydrogens (tertiary/aromatic N) is 3. The average Bonchev–Trinajstić information content (AvgIpc) is 2.38. The molecule has 2 heterocycles. The lowest BCUT2D eigenvalue weighted by Crippen LogP contribution is -2.17. The lowest BCUT2D eigenvalue weighted by atomic mass is 10.2. The summed E-state index contributed by atoms with van der Waals surface area (Å²) in [4.78, 5) is 24.8. The van der Waals surface area contributed by atoms with E-state index in [1.807, 2.05) is 26.8 Å². The van der Waals surface area contributed by atoms with Crippen LogP contribution in [-0.4, -0.2) is 27.4 Å². The van der Waals surface area contributed by atoms with Gasteiger partial charge in [-0.1, -0.05) is 0 Å². The first-order chi connectivity index (χ1) is 9.60. The van der Waals surface area contributed by atoms with Crippen molar-refractivity contribution in [1.29, 1.82) is 0 Å². The van der Waals surface area contributed by atoms with Crippen molar-refractivity contribution in [3.63, 3.8) is 0 Å². The Morgan fingerprint density at radius 2 is 1.95 bits per heavy atom. The van der Waals surface area contributed by atoms with Crippen LogP contribution in [0.2, 0.25) is 0 Å². The molecule has 0 aliphatic carbocycles. The minimum Gasteiger partial charge on any atom is -0.370 e. The molecule has 2 aromatic rings. The van der Waals surface area contributed by atoms with Crippen LogP contribution in [0.4, 0.5) is 11.8 Å². The number of carbonyl (C=O) groups excluding carboxylic acids is 1. The van der Waals surface area contributed by atoms with E-state index in [1.165, 1.54) is 0 Å². The molecule has 0 fully saturated rings. The molecule has 0 saturated carbocycles. The van der Waals surface area contributed by atoms with Gasteiger partial charge in [0.25, 0.3) is 5.91 Å². The van der Waals surface area contributed by atoms with Gasteiger partial charge in [-0.05, 0) is 39.0 Å². The fraction of sp³-hybridized carbons (Fsp3) is 0.286. The number of aryl methyl sites for hydroxylation is 2. The van der Waals surface area contributed by atoms with E-state index >= 15 is 0 Å². The number of pyridine rings is 1. The summed E-state index contributed by atoms with van der Waals surface area (Å²) in [7, 11) is 0. The SMILES string of the molecule is CCNc1ncccc1C(=O)Nc1nc(C)cc(C)n1. The first kappa shape index (κ1) is 13.9. The Labute approximate surface area is 117 Å². The van der Waals surface area contributed by atoms with Crippen LogP contribution in [0.15, 0.2) is 24.4 Å². The van der Waals surface area contributed by atoms with Gasteiger partial charge in [-0.25, -0.2) is 15.0 Å². The number of aromatic nitrogens is 3. The normalized spacial score (nSPS) is 10.2. The third-order valence-corrected chi connectivity index (χ3v) is 2.60. The molecule has 2 rings (SSSR count). The Bertz CT molecular complexity index is 606. The second-order valence-electron chi connectivity index (χ2n) is 4.36. The van der Waals surface area contributed by atoms with Crippen molar-refractivity contribution in [2.24, 2.45) is 0 Å². The van der Waals surface area contributed by atoms with Gasteiger partial charge >= 0.3 is 0 Å². The van der Waals surface area contributed by atoms with Crippen molar-refractivity contribution in [2.75, 3.05) is 17.2 Å². The van der Waals surface area contributed by atoms with E-state index in [0.717, 1.165) is 11.4 Å². The van der Waals surface area contributed by atoms with Crippen molar-refractivity contribution < 1.29 is 4.79 Å². The zero-order valence-corrected chi connectivity index (χ0v) is 11.8. The molecule has 104 valence electrons. The minimum atomic E-state index is -0.279. The molecule has 20 heavy (non-hydrogen) atoms. The Morgan fingerprint density at radius 1 is 1.25 bits per heavy atom. The van der Waals surface area contributed by atoms with E-state index in [0.29, 0.717) is 23.9 Å². The molecule has 1 amide bonds. The highest BCUT2D eigenvalue weighted by molar-refractivity contribution is 6.06. The Morgan fingerprint density at radius 3 is 2.60 bits per heavy atom. The van der Waals surface area contributed by atoms with Crippen molar-refractivity contribution >= 4 is 17.7 Å². The summed E-state index contributed by atoms with van der Waals surface area (Å²) in [6, 6.07) is 5.28. The summed E-state index contributed by atoms with van der Waals surface area (Å²) < 4.78 is 0. The summed E-state index contributed by atoms with van der Waals surface area (Å²) in [5, 5.41) is 5.75. The highest BCUT2D eigenvalue weighted by Gasteiger charge is 2.13. The molecule has 0 saturated heterocycles. The van der Waals surface area contributed by atoms with E-state index in [-0.39, 0.29) is 5.91 Å². The van der Waals surface area contributed by atoms with E-state index < -0.39 is 0 Å². The predicted molar refractivity (Wildman–Crippen MR) is 77.9 cm³/mol. The Hall–Kier alpha value is -2.50. The van der Waals surface area contributed by atoms with Crippen molar-refractivity contribution in [2.45, 2.75) is 20.8 Å². The van der Waals surface area contributed by atoms with Gasteiger partial charge in [0.05, 0.1) is 5.56 Å². The number of nitrogens with one attached hydrogen (secondary N) is 2. The fourth-order valence-corrected chi connectivity index (χ4v) is 1.85. The lowest BCUT2D eigenvalue weighted by molar-refractivity contribution is 0.102. The zero-order valence-electron chi connectivity index (χ0n) is 11.8. The van der Waals surface area contributed by atoms with Crippen LogP contribution in [0.25, 0.3) is 0 Å². The average molecular weight is 271 g/mol. The zero-order chi connectivity index (χ0) is 14.5. The van der Waals surface area contributed by atoms with Gasteiger partial charge in [0.15, 0.2) is 0 Å². The molecule has 2 aromatic heterocycles. The molecule has 0 atom stereocenters. The summed E-state index contributed by atoms with van der Waals surface area (Å²) in [5.41, 5.74) is 2.09. The molecule has 0 unspecified atom stereocenters. The van der Waals surface area contributed by atoms with E-state index in [4.69, 9.17) is 0 Å². The monoisotopic (exact) mass is 271 g/mol. The quantitative estimate of drug-likeness (QED) is 0.890. The highest BCUT2D eigenvalue weighted by atomic mass is 16.1. The summed E-state index contributed by atoms with van der Waals surface area (Å²) >= 11 is 0. The number of amides is 1. The smallest absolute Gasteiger partial charge is 0.261 e. The van der Waals surface area contributed by atoms with Gasteiger partial charge in [0, 0.05) is 24.1 Å². The second-order valence-corrected chi connectivity index (χ2v) is 4.36. The van der Waals surface area contributed by atoms with Crippen LogP contribution in [-0.2, 0) is 0 Å². The van der Waals surface area contributed by atoms with Crippen molar-refractivity contribution in [3.05, 3.63) is 41.3 Å². The van der Waals surface area contributed by atoms with Crippen LogP contribution < -0.4 is 10.6 Å². The van der Waals surface area contributed by atoms with E-state index in [1.54, 1.807) is 18.3 Å². The molecule has 0 aliphatic heterocycles. The third kappa shape index (κ3) is 3.28. The molecule has 0 aromatic carbocycles. The number of hydrogen-bond acceptors (Lipinski definition) is 5. The maximum Gasteiger partial charge on any atom is 0.261 e. The van der Waals surface area contributed by atoms with Gasteiger partial charge < -0.3 is 5.32 Å². The molecule has 0 radical (unpaired) electrons. The van der Waals surface area contributed by atoms with Gasteiger partial charge in [0.1, 0.15) is 5.82 Å². The van der Waals surface area contributed by atoms with Gasteiger partial charge in [-0.2, -0.15) is 0 Å². The summed E-state index contributed by atoms with van der Waals surface area (Å²) in [6.07, 6.45) is 1.64. The number of carbonyl (C=O) groups is 1. The summed E-state index contributed by atoms with van der Waals surface area (Å²) in [5.74, 6) is 0.578. The fourth-order valence-electron chi connectivity index (χ4n) is 1.85. The molecule has 0 bridgehead atoms. The van der Waals surface area contributed by atoms with Crippen molar-refractivity contribution in [3.8, 4) is 0 Å². The van der Waals surface area contributed by atoms with Crippen LogP contribution in [0.5, 0.6) is 0 Å². The van der Waals surface area contributed by atoms with Gasteiger partial charge in [0.2, 0.25) is 5.95 Å². The van der Waals surface area contributed by atoms with Crippen LogP contribution in [0.1, 0.15) is 28.7 Å². The van der Waals surface area contributed by atoms with Gasteiger partial charge in [-0.15, -0.1) is 0 Å². The second kappa shape index (κ2) is 6.10. The molecular formula is C14H17N5O. The van der Waals surface area contributed by atoms with Gasteiger partial charge in [-0.3, -0.25) is 10.1 Å². The highest BCUT2D eigenvalue weighted by Crippen LogP contribution is 2.13. The van der Waals surface area contributed by atoms with Crippen molar-refractivity contribution in [1.82, 2.24) is 15.0 Å². The van der Waals surface area contributed by atoms with Crippen LogP contribution in [0, 0.1) is 13.8 Å². The molecule has 2 N–H and O–H groups in total. The molecule has 0 aliphatic rings. The standard InChI is InChI=1S/C14H17N5O/c1-4-15-12-11(6-5-7-16-12)13(20)19-14-17-9(2)8-10(3)18-14/h5-8H,4H2,1-3H3,(H,15,16)(H,17,18,19,20). The minimum absolute atomic E-state index is 0.279. The maximum atomic E-state index is 12.3. The molecule has 6 heteroatoms.